The molecule has 1 aliphatic heterocycles. The van der Waals surface area contributed by atoms with Gasteiger partial charge >= 0.3 is 0 Å². The van der Waals surface area contributed by atoms with E-state index in [0.29, 0.717) is 11.7 Å². The molecule has 2 aliphatic rings. The number of hydrogen-bond acceptors (Lipinski definition) is 5. The van der Waals surface area contributed by atoms with E-state index in [0.717, 1.165) is 35.3 Å². The van der Waals surface area contributed by atoms with Crippen LogP contribution in [0.2, 0.25) is 0 Å². The van der Waals surface area contributed by atoms with E-state index in [1.165, 1.54) is 19.3 Å². The third kappa shape index (κ3) is 2.25. The number of aromatic nitrogens is 3. The van der Waals surface area contributed by atoms with Crippen molar-refractivity contribution in [2.45, 2.75) is 39.2 Å². The van der Waals surface area contributed by atoms with Crippen LogP contribution < -0.4 is 5.32 Å². The predicted molar refractivity (Wildman–Crippen MR) is 78.6 cm³/mol. The lowest BCUT2D eigenvalue weighted by molar-refractivity contribution is 0.302. The average Bonchev–Trinajstić information content (AvgIpc) is 3.13. The molecular formula is C16H20N4O. The Hall–Kier alpha value is -1.75. The quantitative estimate of drug-likeness (QED) is 0.918. The molecule has 0 aromatic carbocycles. The summed E-state index contributed by atoms with van der Waals surface area (Å²) in [6, 6.07) is 4.24. The van der Waals surface area contributed by atoms with Crippen LogP contribution in [0.25, 0.3) is 11.4 Å². The summed E-state index contributed by atoms with van der Waals surface area (Å²) in [6.45, 7) is 5.05. The van der Waals surface area contributed by atoms with Crippen LogP contribution in [0.4, 0.5) is 0 Å². The maximum atomic E-state index is 5.55. The van der Waals surface area contributed by atoms with Crippen LogP contribution in [0, 0.1) is 25.7 Å². The van der Waals surface area contributed by atoms with E-state index < -0.39 is 0 Å². The normalized spacial score (nSPS) is 28.0. The molecule has 1 N–H and O–H groups in total. The van der Waals surface area contributed by atoms with E-state index in [-0.39, 0.29) is 6.04 Å². The lowest BCUT2D eigenvalue weighted by Gasteiger charge is -2.13. The lowest BCUT2D eigenvalue weighted by Crippen LogP contribution is -2.18. The highest BCUT2D eigenvalue weighted by atomic mass is 16.5. The van der Waals surface area contributed by atoms with Gasteiger partial charge in [-0.3, -0.25) is 4.98 Å². The van der Waals surface area contributed by atoms with Crippen molar-refractivity contribution >= 4 is 0 Å². The van der Waals surface area contributed by atoms with E-state index in [2.05, 4.69) is 20.4 Å². The van der Waals surface area contributed by atoms with Crippen molar-refractivity contribution < 1.29 is 4.52 Å². The van der Waals surface area contributed by atoms with Crippen LogP contribution >= 0.6 is 0 Å². The number of pyridine rings is 1. The fraction of sp³-hybridized carbons (Fsp3) is 0.562. The first-order chi connectivity index (χ1) is 10.2. The van der Waals surface area contributed by atoms with Gasteiger partial charge in [0.15, 0.2) is 0 Å². The van der Waals surface area contributed by atoms with Crippen molar-refractivity contribution in [1.29, 1.82) is 0 Å². The summed E-state index contributed by atoms with van der Waals surface area (Å²) >= 11 is 0. The van der Waals surface area contributed by atoms with Crippen LogP contribution in [0.1, 0.15) is 42.6 Å². The Morgan fingerprint density at radius 3 is 2.76 bits per heavy atom. The highest BCUT2D eigenvalue weighted by Crippen LogP contribution is 2.44. The molecule has 1 aliphatic carbocycles. The molecule has 3 atom stereocenters. The van der Waals surface area contributed by atoms with E-state index in [9.17, 15) is 0 Å². The summed E-state index contributed by atoms with van der Waals surface area (Å²) in [5.74, 6) is 2.86. The zero-order valence-corrected chi connectivity index (χ0v) is 12.5. The van der Waals surface area contributed by atoms with Gasteiger partial charge in [0.1, 0.15) is 0 Å². The molecule has 4 rings (SSSR count). The maximum Gasteiger partial charge on any atom is 0.244 e. The minimum Gasteiger partial charge on any atom is -0.337 e. The van der Waals surface area contributed by atoms with Crippen molar-refractivity contribution in [3.63, 3.8) is 0 Å². The first-order valence-electron chi connectivity index (χ1n) is 7.73. The Kier molecular flexibility index (Phi) is 3.03. The van der Waals surface area contributed by atoms with E-state index in [1.807, 2.05) is 26.0 Å². The summed E-state index contributed by atoms with van der Waals surface area (Å²) in [5.41, 5.74) is 2.94. The Bertz CT molecular complexity index is 646. The van der Waals surface area contributed by atoms with Gasteiger partial charge in [-0.05, 0) is 57.2 Å². The molecular weight excluding hydrogens is 264 g/mol. The molecule has 21 heavy (non-hydrogen) atoms. The standard InChI is InChI=1S/C16H20N4O/c1-9-6-12(7-10(2)18-9)15-19-16(21-20-15)14-13-5-3-4-11(13)8-17-14/h6-7,11,13-14,17H,3-5,8H2,1-2H3. The van der Waals surface area contributed by atoms with Gasteiger partial charge in [-0.15, -0.1) is 0 Å². The third-order valence-electron chi connectivity index (χ3n) is 4.79. The molecule has 5 nitrogen and oxygen atoms in total. The second-order valence-corrected chi connectivity index (χ2v) is 6.34. The molecule has 3 unspecified atom stereocenters. The summed E-state index contributed by atoms with van der Waals surface area (Å²) in [7, 11) is 0. The molecule has 3 heterocycles. The number of hydrogen-bond donors (Lipinski definition) is 1. The maximum absolute atomic E-state index is 5.55. The predicted octanol–water partition coefficient (Wildman–Crippen LogP) is 2.81. The Labute approximate surface area is 124 Å². The monoisotopic (exact) mass is 284 g/mol. The Morgan fingerprint density at radius 2 is 1.95 bits per heavy atom. The first-order valence-corrected chi connectivity index (χ1v) is 7.73. The zero-order valence-electron chi connectivity index (χ0n) is 12.5. The number of fused-ring (bicyclic) bond motifs is 1. The largest absolute Gasteiger partial charge is 0.337 e. The molecule has 1 saturated heterocycles. The summed E-state index contributed by atoms with van der Waals surface area (Å²) in [6.07, 6.45) is 3.93. The molecule has 2 fully saturated rings. The van der Waals surface area contributed by atoms with Gasteiger partial charge in [-0.2, -0.15) is 4.98 Å². The molecule has 0 amide bonds. The molecule has 2 aromatic heterocycles. The fourth-order valence-electron chi connectivity index (χ4n) is 3.90. The number of aryl methyl sites for hydroxylation is 2. The van der Waals surface area contributed by atoms with Crippen LogP contribution in [-0.2, 0) is 0 Å². The second kappa shape index (κ2) is 4.91. The molecule has 0 spiro atoms. The highest BCUT2D eigenvalue weighted by molar-refractivity contribution is 5.55. The SMILES string of the molecule is Cc1cc(-c2noc(C3NCC4CCCC43)n2)cc(C)n1. The number of nitrogens with one attached hydrogen (secondary N) is 1. The topological polar surface area (TPSA) is 63.8 Å². The van der Waals surface area contributed by atoms with Crippen molar-refractivity contribution in [1.82, 2.24) is 20.4 Å². The molecule has 0 radical (unpaired) electrons. The van der Waals surface area contributed by atoms with Crippen molar-refractivity contribution in [2.24, 2.45) is 11.8 Å². The highest BCUT2D eigenvalue weighted by Gasteiger charge is 2.42. The minimum absolute atomic E-state index is 0.239. The number of rotatable bonds is 2. The van der Waals surface area contributed by atoms with Gasteiger partial charge in [0, 0.05) is 17.0 Å². The van der Waals surface area contributed by atoms with Crippen molar-refractivity contribution in [2.75, 3.05) is 6.54 Å². The van der Waals surface area contributed by atoms with Crippen LogP contribution in [-0.4, -0.2) is 21.7 Å². The third-order valence-corrected chi connectivity index (χ3v) is 4.79. The van der Waals surface area contributed by atoms with Crippen LogP contribution in [0.3, 0.4) is 0 Å². The lowest BCUT2D eigenvalue weighted by atomic mass is 9.94. The minimum atomic E-state index is 0.239. The molecule has 0 bridgehead atoms. The first kappa shape index (κ1) is 13.0. The van der Waals surface area contributed by atoms with E-state index in [1.54, 1.807) is 0 Å². The van der Waals surface area contributed by atoms with Gasteiger partial charge in [0.2, 0.25) is 11.7 Å². The van der Waals surface area contributed by atoms with Crippen molar-refractivity contribution in [3.05, 3.63) is 29.4 Å². The molecule has 1 saturated carbocycles. The molecule has 110 valence electrons. The molecule has 5 heteroatoms. The average molecular weight is 284 g/mol. The Balaban J connectivity index is 1.63. The van der Waals surface area contributed by atoms with Gasteiger partial charge in [-0.1, -0.05) is 11.6 Å². The van der Waals surface area contributed by atoms with E-state index in [4.69, 9.17) is 4.52 Å². The second-order valence-electron chi connectivity index (χ2n) is 6.34. The summed E-state index contributed by atoms with van der Waals surface area (Å²) < 4.78 is 5.55. The summed E-state index contributed by atoms with van der Waals surface area (Å²) in [5, 5.41) is 7.73. The van der Waals surface area contributed by atoms with Crippen LogP contribution in [0.15, 0.2) is 16.7 Å². The molecule has 2 aromatic rings. The van der Waals surface area contributed by atoms with Gasteiger partial charge in [0.05, 0.1) is 6.04 Å². The zero-order chi connectivity index (χ0) is 14.4. The van der Waals surface area contributed by atoms with Crippen LogP contribution in [0.5, 0.6) is 0 Å². The van der Waals surface area contributed by atoms with Gasteiger partial charge in [-0.25, -0.2) is 0 Å². The van der Waals surface area contributed by atoms with E-state index >= 15 is 0 Å². The smallest absolute Gasteiger partial charge is 0.244 e. The fourth-order valence-corrected chi connectivity index (χ4v) is 3.90. The Morgan fingerprint density at radius 1 is 1.14 bits per heavy atom. The summed E-state index contributed by atoms with van der Waals surface area (Å²) in [4.78, 5) is 9.03. The number of nitrogens with zero attached hydrogens (tertiary/aromatic N) is 3. The van der Waals surface area contributed by atoms with Crippen molar-refractivity contribution in [3.8, 4) is 11.4 Å². The van der Waals surface area contributed by atoms with Gasteiger partial charge in [0.25, 0.3) is 0 Å². The van der Waals surface area contributed by atoms with Gasteiger partial charge < -0.3 is 9.84 Å².